The fourth-order valence-corrected chi connectivity index (χ4v) is 2.27. The van der Waals surface area contributed by atoms with Crippen molar-refractivity contribution in [3.63, 3.8) is 0 Å². The van der Waals surface area contributed by atoms with E-state index >= 15 is 0 Å². The molecule has 24 heavy (non-hydrogen) atoms. The summed E-state index contributed by atoms with van der Waals surface area (Å²) in [4.78, 5) is 26.6. The molecule has 0 saturated carbocycles. The summed E-state index contributed by atoms with van der Waals surface area (Å²) in [6, 6.07) is 15.0. The zero-order chi connectivity index (χ0) is 16.9. The molecule has 120 valence electrons. The first kappa shape index (κ1) is 15.4. The zero-order valence-corrected chi connectivity index (χ0v) is 12.5. The topological polar surface area (TPSA) is 94.4 Å². The van der Waals surface area contributed by atoms with E-state index in [-0.39, 0.29) is 18.2 Å². The minimum atomic E-state index is -0.476. The molecule has 1 heterocycles. The first-order valence-electron chi connectivity index (χ1n) is 7.15. The van der Waals surface area contributed by atoms with Gasteiger partial charge in [-0.15, -0.1) is 0 Å². The van der Waals surface area contributed by atoms with Gasteiger partial charge < -0.3 is 10.1 Å². The number of rotatable bonds is 5. The van der Waals surface area contributed by atoms with Crippen molar-refractivity contribution in [2.75, 3.05) is 11.9 Å². The standard InChI is InChI=1S/C17H13N3O4/c21-16(19-12-5-2-1-3-6-12)11-24-15-9-8-14(20(22)23)13-7-4-10-18-17(13)15/h1-10H,11H2,(H,19,21). The predicted molar refractivity (Wildman–Crippen MR) is 89.0 cm³/mol. The molecule has 1 aromatic heterocycles. The van der Waals surface area contributed by atoms with Gasteiger partial charge in [-0.3, -0.25) is 19.9 Å². The molecule has 0 spiro atoms. The lowest BCUT2D eigenvalue weighted by atomic mass is 10.1. The fourth-order valence-electron chi connectivity index (χ4n) is 2.27. The lowest BCUT2D eigenvalue weighted by molar-refractivity contribution is -0.383. The summed E-state index contributed by atoms with van der Waals surface area (Å²) in [7, 11) is 0. The summed E-state index contributed by atoms with van der Waals surface area (Å²) in [6.07, 6.45) is 1.52. The summed E-state index contributed by atoms with van der Waals surface area (Å²) in [6.45, 7) is -0.224. The van der Waals surface area contributed by atoms with Gasteiger partial charge in [0.1, 0.15) is 11.3 Å². The molecular formula is C17H13N3O4. The van der Waals surface area contributed by atoms with Gasteiger partial charge in [0.25, 0.3) is 11.6 Å². The number of non-ortho nitro benzene ring substituents is 1. The van der Waals surface area contributed by atoms with Crippen molar-refractivity contribution >= 4 is 28.2 Å². The van der Waals surface area contributed by atoms with Crippen molar-refractivity contribution in [3.05, 3.63) is 70.9 Å². The normalized spacial score (nSPS) is 10.3. The number of benzene rings is 2. The third-order valence-corrected chi connectivity index (χ3v) is 3.32. The van der Waals surface area contributed by atoms with E-state index in [1.54, 1.807) is 24.3 Å². The first-order valence-corrected chi connectivity index (χ1v) is 7.15. The molecule has 1 amide bonds. The Kier molecular flexibility index (Phi) is 4.33. The summed E-state index contributed by atoms with van der Waals surface area (Å²) in [5, 5.41) is 14.1. The molecule has 2 aromatic carbocycles. The minimum Gasteiger partial charge on any atom is -0.481 e. The third kappa shape index (κ3) is 3.30. The van der Waals surface area contributed by atoms with Crippen LogP contribution in [0.4, 0.5) is 11.4 Å². The molecule has 7 nitrogen and oxygen atoms in total. The van der Waals surface area contributed by atoms with Crippen molar-refractivity contribution in [2.24, 2.45) is 0 Å². The van der Waals surface area contributed by atoms with Crippen LogP contribution in [0.5, 0.6) is 5.75 Å². The van der Waals surface area contributed by atoms with Gasteiger partial charge >= 0.3 is 0 Å². The van der Waals surface area contributed by atoms with Gasteiger partial charge in [0.15, 0.2) is 6.61 Å². The number of para-hydroxylation sites is 1. The van der Waals surface area contributed by atoms with Crippen molar-refractivity contribution in [1.82, 2.24) is 4.98 Å². The molecule has 0 radical (unpaired) electrons. The molecule has 0 aliphatic rings. The Morgan fingerprint density at radius 3 is 2.67 bits per heavy atom. The van der Waals surface area contributed by atoms with Crippen LogP contribution in [-0.4, -0.2) is 22.4 Å². The van der Waals surface area contributed by atoms with Crippen LogP contribution >= 0.6 is 0 Å². The Morgan fingerprint density at radius 2 is 1.92 bits per heavy atom. The van der Waals surface area contributed by atoms with E-state index in [1.807, 2.05) is 18.2 Å². The largest absolute Gasteiger partial charge is 0.481 e. The van der Waals surface area contributed by atoms with Crippen molar-refractivity contribution in [1.29, 1.82) is 0 Å². The Balaban J connectivity index is 1.77. The van der Waals surface area contributed by atoms with Gasteiger partial charge in [-0.05, 0) is 30.3 Å². The molecule has 0 unspecified atom stereocenters. The Morgan fingerprint density at radius 1 is 1.12 bits per heavy atom. The van der Waals surface area contributed by atoms with Gasteiger partial charge in [-0.2, -0.15) is 0 Å². The number of aromatic nitrogens is 1. The highest BCUT2D eigenvalue weighted by Gasteiger charge is 2.16. The number of hydrogen-bond donors (Lipinski definition) is 1. The second-order valence-electron chi connectivity index (χ2n) is 4.94. The highest BCUT2D eigenvalue weighted by atomic mass is 16.6. The SMILES string of the molecule is O=C(COc1ccc([N+](=O)[O-])c2cccnc12)Nc1ccccc1. The lowest BCUT2D eigenvalue weighted by Crippen LogP contribution is -2.20. The Bertz CT molecular complexity index is 897. The number of carbonyl (C=O) groups is 1. The number of amides is 1. The van der Waals surface area contributed by atoms with Crippen LogP contribution in [0.1, 0.15) is 0 Å². The smallest absolute Gasteiger partial charge is 0.279 e. The first-order chi connectivity index (χ1) is 11.6. The molecule has 0 fully saturated rings. The number of carbonyl (C=O) groups excluding carboxylic acids is 1. The molecule has 0 atom stereocenters. The lowest BCUT2D eigenvalue weighted by Gasteiger charge is -2.09. The van der Waals surface area contributed by atoms with E-state index in [9.17, 15) is 14.9 Å². The second-order valence-corrected chi connectivity index (χ2v) is 4.94. The maximum Gasteiger partial charge on any atom is 0.279 e. The quantitative estimate of drug-likeness (QED) is 0.575. The van der Waals surface area contributed by atoms with E-state index < -0.39 is 4.92 Å². The average molecular weight is 323 g/mol. The number of nitro groups is 1. The van der Waals surface area contributed by atoms with Crippen LogP contribution in [0.15, 0.2) is 60.8 Å². The number of nitro benzene ring substituents is 1. The molecule has 0 aliphatic heterocycles. The number of pyridine rings is 1. The Labute approximate surface area is 137 Å². The number of hydrogen-bond acceptors (Lipinski definition) is 5. The van der Waals surface area contributed by atoms with Crippen molar-refractivity contribution < 1.29 is 14.5 Å². The number of nitrogens with zero attached hydrogens (tertiary/aromatic N) is 2. The van der Waals surface area contributed by atoms with E-state index in [1.165, 1.54) is 18.3 Å². The zero-order valence-electron chi connectivity index (χ0n) is 12.5. The van der Waals surface area contributed by atoms with Gasteiger partial charge in [0.05, 0.1) is 10.3 Å². The molecule has 3 rings (SSSR count). The minimum absolute atomic E-state index is 0.0563. The van der Waals surface area contributed by atoms with Crippen LogP contribution in [0.3, 0.4) is 0 Å². The molecule has 0 aliphatic carbocycles. The number of nitrogens with one attached hydrogen (secondary N) is 1. The number of ether oxygens (including phenoxy) is 1. The average Bonchev–Trinajstić information content (AvgIpc) is 2.60. The number of anilines is 1. The van der Waals surface area contributed by atoms with Gasteiger partial charge in [-0.25, -0.2) is 0 Å². The van der Waals surface area contributed by atoms with Crippen LogP contribution in [0.25, 0.3) is 10.9 Å². The van der Waals surface area contributed by atoms with E-state index in [0.717, 1.165) is 0 Å². The molecule has 0 saturated heterocycles. The van der Waals surface area contributed by atoms with Crippen molar-refractivity contribution in [2.45, 2.75) is 0 Å². The number of fused-ring (bicyclic) bond motifs is 1. The summed E-state index contributed by atoms with van der Waals surface area (Å²) in [5.74, 6) is -0.0111. The Hall–Kier alpha value is -3.48. The van der Waals surface area contributed by atoms with Gasteiger partial charge in [0.2, 0.25) is 0 Å². The summed E-state index contributed by atoms with van der Waals surface area (Å²) < 4.78 is 5.49. The summed E-state index contributed by atoms with van der Waals surface area (Å²) >= 11 is 0. The van der Waals surface area contributed by atoms with Crippen LogP contribution in [0.2, 0.25) is 0 Å². The van der Waals surface area contributed by atoms with E-state index in [4.69, 9.17) is 4.74 Å². The monoisotopic (exact) mass is 323 g/mol. The highest BCUT2D eigenvalue weighted by Crippen LogP contribution is 2.31. The highest BCUT2D eigenvalue weighted by molar-refractivity contribution is 5.94. The maximum absolute atomic E-state index is 11.9. The van der Waals surface area contributed by atoms with Crippen LogP contribution in [-0.2, 0) is 4.79 Å². The van der Waals surface area contributed by atoms with E-state index in [2.05, 4.69) is 10.3 Å². The fraction of sp³-hybridized carbons (Fsp3) is 0.0588. The van der Waals surface area contributed by atoms with Crippen molar-refractivity contribution in [3.8, 4) is 5.75 Å². The summed E-state index contributed by atoms with van der Waals surface area (Å²) in [5.41, 5.74) is 0.955. The van der Waals surface area contributed by atoms with Gasteiger partial charge in [0, 0.05) is 18.0 Å². The van der Waals surface area contributed by atoms with Crippen LogP contribution < -0.4 is 10.1 Å². The maximum atomic E-state index is 11.9. The van der Waals surface area contributed by atoms with Gasteiger partial charge in [-0.1, -0.05) is 18.2 Å². The molecular weight excluding hydrogens is 310 g/mol. The van der Waals surface area contributed by atoms with E-state index in [0.29, 0.717) is 22.3 Å². The molecule has 3 aromatic rings. The molecule has 0 bridgehead atoms. The second kappa shape index (κ2) is 6.74. The molecule has 1 N–H and O–H groups in total. The third-order valence-electron chi connectivity index (χ3n) is 3.32. The van der Waals surface area contributed by atoms with Crippen LogP contribution in [0, 0.1) is 10.1 Å². The molecule has 7 heteroatoms. The predicted octanol–water partition coefficient (Wildman–Crippen LogP) is 3.16.